The molecule has 7 nitrogen and oxygen atoms in total. The molecule has 1 rings (SSSR count). The molecule has 20 heavy (non-hydrogen) atoms. The fourth-order valence-electron chi connectivity index (χ4n) is 1.58. The molecular formula is C13H22N2O5. The van der Waals surface area contributed by atoms with Gasteiger partial charge in [0, 0.05) is 20.0 Å². The van der Waals surface area contributed by atoms with Crippen molar-refractivity contribution in [3.8, 4) is 0 Å². The summed E-state index contributed by atoms with van der Waals surface area (Å²) in [6.45, 7) is 5.92. The summed E-state index contributed by atoms with van der Waals surface area (Å²) in [5.41, 5.74) is -0.576. The van der Waals surface area contributed by atoms with Crippen LogP contribution in [0.15, 0.2) is 0 Å². The smallest absolute Gasteiger partial charge is 0.410 e. The van der Waals surface area contributed by atoms with Crippen LogP contribution in [0.1, 0.15) is 40.0 Å². The third kappa shape index (κ3) is 5.46. The van der Waals surface area contributed by atoms with Crippen molar-refractivity contribution in [2.24, 2.45) is 0 Å². The number of hydroxylamine groups is 2. The third-order valence-corrected chi connectivity index (χ3v) is 2.60. The average Bonchev–Trinajstić information content (AvgIpc) is 2.69. The monoisotopic (exact) mass is 286 g/mol. The molecule has 1 saturated heterocycles. The highest BCUT2D eigenvalue weighted by Crippen LogP contribution is 2.11. The number of hydrogen-bond acceptors (Lipinski definition) is 5. The zero-order chi connectivity index (χ0) is 15.3. The van der Waals surface area contributed by atoms with Gasteiger partial charge in [0.05, 0.1) is 13.0 Å². The number of carbonyl (C=O) groups excluding carboxylic acids is 3. The van der Waals surface area contributed by atoms with Gasteiger partial charge in [0.2, 0.25) is 0 Å². The van der Waals surface area contributed by atoms with Crippen LogP contribution in [0.4, 0.5) is 4.79 Å². The highest BCUT2D eigenvalue weighted by atomic mass is 16.7. The fourth-order valence-corrected chi connectivity index (χ4v) is 1.58. The van der Waals surface area contributed by atoms with E-state index in [1.165, 1.54) is 4.90 Å². The summed E-state index contributed by atoms with van der Waals surface area (Å²) >= 11 is 0. The van der Waals surface area contributed by atoms with E-state index in [0.717, 1.165) is 5.06 Å². The molecule has 7 heteroatoms. The molecule has 0 aliphatic carbocycles. The van der Waals surface area contributed by atoms with Crippen molar-refractivity contribution < 1.29 is 24.0 Å². The van der Waals surface area contributed by atoms with E-state index >= 15 is 0 Å². The highest BCUT2D eigenvalue weighted by molar-refractivity contribution is 5.79. The van der Waals surface area contributed by atoms with Gasteiger partial charge >= 0.3 is 12.1 Å². The summed E-state index contributed by atoms with van der Waals surface area (Å²) in [5, 5.41) is 1.08. The summed E-state index contributed by atoms with van der Waals surface area (Å²) < 4.78 is 5.15. The maximum Gasteiger partial charge on any atom is 0.410 e. The molecule has 0 saturated carbocycles. The molecule has 0 aromatic heterocycles. The average molecular weight is 286 g/mol. The minimum absolute atomic E-state index is 0.0134. The molecule has 0 atom stereocenters. The molecule has 0 aromatic rings. The van der Waals surface area contributed by atoms with Crippen molar-refractivity contribution in [3.05, 3.63) is 0 Å². The Morgan fingerprint density at radius 2 is 2.00 bits per heavy atom. The molecule has 0 spiro atoms. The van der Waals surface area contributed by atoms with E-state index in [-0.39, 0.29) is 18.9 Å². The van der Waals surface area contributed by atoms with E-state index in [0.29, 0.717) is 19.4 Å². The van der Waals surface area contributed by atoms with Gasteiger partial charge in [0.25, 0.3) is 5.91 Å². The summed E-state index contributed by atoms with van der Waals surface area (Å²) in [4.78, 5) is 40.7. The molecule has 1 fully saturated rings. The van der Waals surface area contributed by atoms with Crippen molar-refractivity contribution in [2.75, 3.05) is 20.1 Å². The Morgan fingerprint density at radius 1 is 1.35 bits per heavy atom. The van der Waals surface area contributed by atoms with Gasteiger partial charge in [-0.3, -0.25) is 4.79 Å². The van der Waals surface area contributed by atoms with Gasteiger partial charge in [-0.15, -0.1) is 0 Å². The maximum absolute atomic E-state index is 11.7. The molecule has 2 amide bonds. The first-order valence-electron chi connectivity index (χ1n) is 6.64. The Kier molecular flexibility index (Phi) is 5.35. The number of amides is 2. The lowest BCUT2D eigenvalue weighted by atomic mass is 10.2. The van der Waals surface area contributed by atoms with Crippen LogP contribution in [0.5, 0.6) is 0 Å². The van der Waals surface area contributed by atoms with Crippen LogP contribution in [0.3, 0.4) is 0 Å². The Morgan fingerprint density at radius 3 is 2.50 bits per heavy atom. The Labute approximate surface area is 118 Å². The van der Waals surface area contributed by atoms with Crippen molar-refractivity contribution in [2.45, 2.75) is 45.6 Å². The number of nitrogens with zero attached hydrogens (tertiary/aromatic N) is 2. The largest absolute Gasteiger partial charge is 0.444 e. The van der Waals surface area contributed by atoms with Crippen LogP contribution in [-0.2, 0) is 19.2 Å². The van der Waals surface area contributed by atoms with Gasteiger partial charge < -0.3 is 14.5 Å². The molecule has 0 N–H and O–H groups in total. The Hall–Kier alpha value is -1.79. The highest BCUT2D eigenvalue weighted by Gasteiger charge is 2.25. The minimum Gasteiger partial charge on any atom is -0.444 e. The number of ether oxygens (including phenoxy) is 1. The van der Waals surface area contributed by atoms with Crippen LogP contribution in [0.2, 0.25) is 0 Å². The van der Waals surface area contributed by atoms with Crippen molar-refractivity contribution in [1.29, 1.82) is 0 Å². The van der Waals surface area contributed by atoms with Crippen molar-refractivity contribution >= 4 is 18.0 Å². The second-order valence-corrected chi connectivity index (χ2v) is 5.71. The van der Waals surface area contributed by atoms with E-state index in [9.17, 15) is 14.4 Å². The van der Waals surface area contributed by atoms with Gasteiger partial charge in [0.15, 0.2) is 0 Å². The second-order valence-electron chi connectivity index (χ2n) is 5.71. The van der Waals surface area contributed by atoms with E-state index in [1.54, 1.807) is 27.8 Å². The van der Waals surface area contributed by atoms with Crippen LogP contribution < -0.4 is 0 Å². The maximum atomic E-state index is 11.7. The van der Waals surface area contributed by atoms with Crippen molar-refractivity contribution in [1.82, 2.24) is 9.96 Å². The molecule has 1 aliphatic heterocycles. The minimum atomic E-state index is -0.576. The molecular weight excluding hydrogens is 264 g/mol. The molecule has 1 aliphatic rings. The summed E-state index contributed by atoms with van der Waals surface area (Å²) in [6, 6.07) is 0. The lowest BCUT2D eigenvalue weighted by molar-refractivity contribution is -0.193. The first-order chi connectivity index (χ1) is 9.19. The lowest BCUT2D eigenvalue weighted by Crippen LogP contribution is -2.36. The van der Waals surface area contributed by atoms with Crippen LogP contribution >= 0.6 is 0 Å². The van der Waals surface area contributed by atoms with E-state index in [4.69, 9.17) is 9.57 Å². The number of carbonyl (C=O) groups is 3. The second kappa shape index (κ2) is 6.58. The number of rotatable bonds is 4. The van der Waals surface area contributed by atoms with E-state index in [2.05, 4.69) is 0 Å². The molecule has 0 bridgehead atoms. The van der Waals surface area contributed by atoms with Gasteiger partial charge in [0.1, 0.15) is 5.60 Å². The zero-order valence-electron chi connectivity index (χ0n) is 12.5. The summed E-state index contributed by atoms with van der Waals surface area (Å²) in [6.07, 6.45) is 0.622. The van der Waals surface area contributed by atoms with Crippen LogP contribution in [0, 0.1) is 0 Å². The van der Waals surface area contributed by atoms with E-state index < -0.39 is 17.7 Å². The summed E-state index contributed by atoms with van der Waals surface area (Å²) in [5.74, 6) is -0.713. The fraction of sp³-hybridized carbons (Fsp3) is 0.769. The number of hydrogen-bond donors (Lipinski definition) is 0. The van der Waals surface area contributed by atoms with Crippen molar-refractivity contribution in [3.63, 3.8) is 0 Å². The van der Waals surface area contributed by atoms with E-state index in [1.807, 2.05) is 0 Å². The first-order valence-corrected chi connectivity index (χ1v) is 6.64. The predicted octanol–water partition coefficient (Wildman–Crippen LogP) is 1.32. The molecule has 0 radical (unpaired) electrons. The van der Waals surface area contributed by atoms with Gasteiger partial charge in [-0.2, -0.15) is 5.06 Å². The topological polar surface area (TPSA) is 76.2 Å². The normalized spacial score (nSPS) is 15.2. The SMILES string of the molecule is CN(CCC(=O)ON1CCCC1=O)C(=O)OC(C)(C)C. The molecule has 114 valence electrons. The Bertz CT molecular complexity index is 389. The lowest BCUT2D eigenvalue weighted by Gasteiger charge is -2.24. The van der Waals surface area contributed by atoms with Crippen LogP contribution in [-0.4, -0.2) is 53.7 Å². The van der Waals surface area contributed by atoms with Gasteiger partial charge in [-0.05, 0) is 27.2 Å². The quantitative estimate of drug-likeness (QED) is 0.779. The summed E-state index contributed by atoms with van der Waals surface area (Å²) in [7, 11) is 1.54. The standard InChI is InChI=1S/C13H22N2O5/c1-13(2,3)19-12(18)14(4)9-7-11(17)20-15-8-5-6-10(15)16/h5-9H2,1-4H3. The molecule has 0 unspecified atom stereocenters. The van der Waals surface area contributed by atoms with Gasteiger partial charge in [-0.1, -0.05) is 0 Å². The molecule has 1 heterocycles. The van der Waals surface area contributed by atoms with Gasteiger partial charge in [-0.25, -0.2) is 9.59 Å². The molecule has 0 aromatic carbocycles. The zero-order valence-corrected chi connectivity index (χ0v) is 12.5. The Balaban J connectivity index is 2.29. The van der Waals surface area contributed by atoms with Crippen LogP contribution in [0.25, 0.3) is 0 Å². The predicted molar refractivity (Wildman–Crippen MR) is 70.5 cm³/mol. The first kappa shape index (κ1) is 16.3. The third-order valence-electron chi connectivity index (χ3n) is 2.60.